The molecule has 0 saturated carbocycles. The van der Waals surface area contributed by atoms with Gasteiger partial charge in [-0.2, -0.15) is 5.10 Å². The van der Waals surface area contributed by atoms with E-state index in [1.165, 1.54) is 11.3 Å². The van der Waals surface area contributed by atoms with Gasteiger partial charge in [0.05, 0.1) is 32.4 Å². The molecule has 1 N–H and O–H groups in total. The van der Waals surface area contributed by atoms with Crippen LogP contribution in [0.1, 0.15) is 11.1 Å². The summed E-state index contributed by atoms with van der Waals surface area (Å²) in [6, 6.07) is 19.3. The first-order valence-electron chi connectivity index (χ1n) is 8.64. The average molecular weight is 323 g/mol. The monoisotopic (exact) mass is 323 g/mol. The third-order valence-corrected chi connectivity index (χ3v) is 4.52. The fourth-order valence-electron chi connectivity index (χ4n) is 2.99. The molecule has 0 aliphatic carbocycles. The Balaban J connectivity index is 1.48. The van der Waals surface area contributed by atoms with Gasteiger partial charge in [0.1, 0.15) is 6.54 Å². The Hall–Kier alpha value is -2.33. The third kappa shape index (κ3) is 4.59. The summed E-state index contributed by atoms with van der Waals surface area (Å²) in [5, 5.41) is 6.84. The lowest BCUT2D eigenvalue weighted by Crippen LogP contribution is -3.13. The Labute approximate surface area is 145 Å². The van der Waals surface area contributed by atoms with E-state index in [1.807, 2.05) is 6.21 Å². The molecule has 24 heavy (non-hydrogen) atoms. The summed E-state index contributed by atoms with van der Waals surface area (Å²) < 4.78 is 0. The molecule has 1 fully saturated rings. The van der Waals surface area contributed by atoms with Crippen molar-refractivity contribution in [2.45, 2.75) is 6.54 Å². The smallest absolute Gasteiger partial charge is 0.103 e. The van der Waals surface area contributed by atoms with Crippen molar-refractivity contribution in [3.63, 3.8) is 0 Å². The molecule has 2 aromatic carbocycles. The second-order valence-corrected chi connectivity index (χ2v) is 6.60. The molecule has 1 saturated heterocycles. The zero-order valence-corrected chi connectivity index (χ0v) is 14.7. The van der Waals surface area contributed by atoms with Gasteiger partial charge >= 0.3 is 0 Å². The van der Waals surface area contributed by atoms with Gasteiger partial charge < -0.3 is 9.80 Å². The maximum Gasteiger partial charge on any atom is 0.103 e. The van der Waals surface area contributed by atoms with E-state index in [2.05, 4.69) is 83.7 Å². The Morgan fingerprint density at radius 1 is 1.00 bits per heavy atom. The van der Waals surface area contributed by atoms with Gasteiger partial charge in [-0.3, -0.25) is 5.01 Å². The van der Waals surface area contributed by atoms with Crippen LogP contribution in [-0.2, 0) is 6.54 Å². The molecule has 4 heteroatoms. The number of nitrogens with one attached hydrogen (secondary N) is 1. The highest BCUT2D eigenvalue weighted by molar-refractivity contribution is 5.80. The van der Waals surface area contributed by atoms with Crippen molar-refractivity contribution in [2.24, 2.45) is 5.10 Å². The van der Waals surface area contributed by atoms with E-state index in [1.54, 1.807) is 4.90 Å². The van der Waals surface area contributed by atoms with E-state index >= 15 is 0 Å². The molecule has 1 aliphatic rings. The Morgan fingerprint density at radius 2 is 1.67 bits per heavy atom. The SMILES string of the molecule is CN(C)c1ccc(/C=N/N2CC[NH+](Cc3ccccc3)CC2)cc1. The van der Waals surface area contributed by atoms with Crippen molar-refractivity contribution in [1.82, 2.24) is 5.01 Å². The Morgan fingerprint density at radius 3 is 2.29 bits per heavy atom. The van der Waals surface area contributed by atoms with Gasteiger partial charge in [-0.1, -0.05) is 42.5 Å². The van der Waals surface area contributed by atoms with Gasteiger partial charge in [0.2, 0.25) is 0 Å². The minimum Gasteiger partial charge on any atom is -0.378 e. The molecule has 2 aromatic rings. The molecule has 0 bridgehead atoms. The van der Waals surface area contributed by atoms with Crippen molar-refractivity contribution in [3.8, 4) is 0 Å². The zero-order valence-electron chi connectivity index (χ0n) is 14.7. The molecule has 0 unspecified atom stereocenters. The summed E-state index contributed by atoms with van der Waals surface area (Å²) in [6.07, 6.45) is 1.97. The fourth-order valence-corrected chi connectivity index (χ4v) is 2.99. The molecule has 1 heterocycles. The predicted octanol–water partition coefficient (Wildman–Crippen LogP) is 1.49. The van der Waals surface area contributed by atoms with Crippen LogP contribution >= 0.6 is 0 Å². The number of anilines is 1. The van der Waals surface area contributed by atoms with Gasteiger partial charge in [-0.15, -0.1) is 0 Å². The number of nitrogens with zero attached hydrogens (tertiary/aromatic N) is 3. The van der Waals surface area contributed by atoms with Gasteiger partial charge in [0, 0.05) is 25.3 Å². The normalized spacial score (nSPS) is 15.8. The minimum absolute atomic E-state index is 1.02. The van der Waals surface area contributed by atoms with Crippen LogP contribution in [0.2, 0.25) is 0 Å². The maximum absolute atomic E-state index is 4.65. The lowest BCUT2D eigenvalue weighted by atomic mass is 10.2. The number of piperazine rings is 1. The van der Waals surface area contributed by atoms with E-state index in [-0.39, 0.29) is 0 Å². The molecule has 4 nitrogen and oxygen atoms in total. The summed E-state index contributed by atoms with van der Waals surface area (Å²) in [5.41, 5.74) is 3.79. The lowest BCUT2D eigenvalue weighted by molar-refractivity contribution is -0.918. The summed E-state index contributed by atoms with van der Waals surface area (Å²) in [6.45, 7) is 5.45. The number of benzene rings is 2. The van der Waals surface area contributed by atoms with Crippen molar-refractivity contribution in [1.29, 1.82) is 0 Å². The molecule has 1 aliphatic heterocycles. The predicted molar refractivity (Wildman–Crippen MR) is 101 cm³/mol. The highest BCUT2D eigenvalue weighted by atomic mass is 15.5. The van der Waals surface area contributed by atoms with Crippen LogP contribution in [0.25, 0.3) is 0 Å². The first kappa shape index (κ1) is 16.5. The van der Waals surface area contributed by atoms with Crippen LogP contribution < -0.4 is 9.80 Å². The van der Waals surface area contributed by atoms with Crippen molar-refractivity contribution in [2.75, 3.05) is 45.2 Å². The molecule has 0 atom stereocenters. The number of hydrazone groups is 1. The molecular weight excluding hydrogens is 296 g/mol. The highest BCUT2D eigenvalue weighted by Gasteiger charge is 2.18. The number of quaternary nitrogens is 1. The maximum atomic E-state index is 4.65. The van der Waals surface area contributed by atoms with Crippen LogP contribution in [-0.4, -0.2) is 51.5 Å². The topological polar surface area (TPSA) is 23.3 Å². The molecule has 0 radical (unpaired) electrons. The highest BCUT2D eigenvalue weighted by Crippen LogP contribution is 2.11. The van der Waals surface area contributed by atoms with Crippen molar-refractivity contribution in [3.05, 3.63) is 65.7 Å². The molecule has 0 spiro atoms. The molecule has 0 aromatic heterocycles. The van der Waals surface area contributed by atoms with Gasteiger partial charge in [-0.05, 0) is 17.7 Å². The third-order valence-electron chi connectivity index (χ3n) is 4.52. The standard InChI is InChI=1S/C20H26N4/c1-22(2)20-10-8-18(9-11-20)16-21-24-14-12-23(13-15-24)17-19-6-4-3-5-7-19/h3-11,16H,12-15,17H2,1-2H3/p+1/b21-16+. The van der Waals surface area contributed by atoms with Crippen molar-refractivity contribution >= 4 is 11.9 Å². The number of hydrogen-bond donors (Lipinski definition) is 1. The van der Waals surface area contributed by atoms with Crippen molar-refractivity contribution < 1.29 is 4.90 Å². The zero-order chi connectivity index (χ0) is 16.8. The molecule has 0 amide bonds. The van der Waals surface area contributed by atoms with E-state index in [4.69, 9.17) is 0 Å². The van der Waals surface area contributed by atoms with Crippen LogP contribution in [0.3, 0.4) is 0 Å². The van der Waals surface area contributed by atoms with Crippen LogP contribution in [0.5, 0.6) is 0 Å². The minimum atomic E-state index is 1.02. The van der Waals surface area contributed by atoms with E-state index in [9.17, 15) is 0 Å². The largest absolute Gasteiger partial charge is 0.378 e. The van der Waals surface area contributed by atoms with E-state index in [0.717, 1.165) is 38.3 Å². The average Bonchev–Trinajstić information content (AvgIpc) is 2.62. The second-order valence-electron chi connectivity index (χ2n) is 6.60. The van der Waals surface area contributed by atoms with Gasteiger partial charge in [0.15, 0.2) is 0 Å². The quantitative estimate of drug-likeness (QED) is 0.843. The fraction of sp³-hybridized carbons (Fsp3) is 0.350. The molecule has 3 rings (SSSR count). The molecular formula is C20H27N4+. The van der Waals surface area contributed by atoms with Gasteiger partial charge in [-0.25, -0.2) is 0 Å². The lowest BCUT2D eigenvalue weighted by Gasteiger charge is -2.30. The second kappa shape index (κ2) is 7.97. The number of rotatable bonds is 5. The summed E-state index contributed by atoms with van der Waals surface area (Å²) in [5.74, 6) is 0. The Bertz CT molecular complexity index is 641. The summed E-state index contributed by atoms with van der Waals surface area (Å²) >= 11 is 0. The first-order chi connectivity index (χ1) is 11.7. The first-order valence-corrected chi connectivity index (χ1v) is 8.64. The van der Waals surface area contributed by atoms with Gasteiger partial charge in [0.25, 0.3) is 0 Å². The van der Waals surface area contributed by atoms with E-state index < -0.39 is 0 Å². The summed E-state index contributed by atoms with van der Waals surface area (Å²) in [7, 11) is 4.11. The molecule has 126 valence electrons. The van der Waals surface area contributed by atoms with Crippen LogP contribution in [0, 0.1) is 0 Å². The summed E-state index contributed by atoms with van der Waals surface area (Å²) in [4.78, 5) is 3.75. The van der Waals surface area contributed by atoms with Crippen LogP contribution in [0.4, 0.5) is 5.69 Å². The van der Waals surface area contributed by atoms with Crippen LogP contribution in [0.15, 0.2) is 59.7 Å². The van der Waals surface area contributed by atoms with E-state index in [0.29, 0.717) is 0 Å². The number of hydrogen-bond acceptors (Lipinski definition) is 3. The Kier molecular flexibility index (Phi) is 5.49.